The van der Waals surface area contributed by atoms with E-state index >= 15 is 0 Å². The Hall–Kier alpha value is -1.58. The molecule has 2 aromatic rings. The topological polar surface area (TPSA) is 42.0 Å². The first kappa shape index (κ1) is 12.9. The van der Waals surface area contributed by atoms with Crippen LogP contribution in [0.1, 0.15) is 16.1 Å². The third kappa shape index (κ3) is 3.45. The predicted molar refractivity (Wildman–Crippen MR) is 71.9 cm³/mol. The molecule has 0 atom stereocenters. The highest BCUT2D eigenvalue weighted by Crippen LogP contribution is 2.18. The molecule has 0 aliphatic rings. The summed E-state index contributed by atoms with van der Waals surface area (Å²) in [4.78, 5) is 16.0. The van der Waals surface area contributed by atoms with Crippen LogP contribution in [0.2, 0.25) is 10.0 Å². The largest absolute Gasteiger partial charge is 0.346 e. The molecule has 0 aliphatic heterocycles. The van der Waals surface area contributed by atoms with E-state index in [1.807, 2.05) is 18.2 Å². The highest BCUT2D eigenvalue weighted by molar-refractivity contribution is 6.35. The normalized spacial score (nSPS) is 10.1. The van der Waals surface area contributed by atoms with Crippen molar-refractivity contribution in [1.82, 2.24) is 10.3 Å². The van der Waals surface area contributed by atoms with Crippen LogP contribution in [0.15, 0.2) is 42.6 Å². The number of halogens is 2. The summed E-state index contributed by atoms with van der Waals surface area (Å²) in [7, 11) is 0. The van der Waals surface area contributed by atoms with Gasteiger partial charge in [0.05, 0.1) is 12.2 Å². The zero-order chi connectivity index (χ0) is 13.0. The van der Waals surface area contributed by atoms with Gasteiger partial charge in [-0.2, -0.15) is 0 Å². The van der Waals surface area contributed by atoms with E-state index in [1.54, 1.807) is 24.4 Å². The Bertz CT molecular complexity index is 538. The Kier molecular flexibility index (Phi) is 4.18. The summed E-state index contributed by atoms with van der Waals surface area (Å²) in [6.45, 7) is 0.365. The summed E-state index contributed by atoms with van der Waals surface area (Å²) in [6, 6.07) is 10.2. The maximum absolute atomic E-state index is 11.9. The van der Waals surface area contributed by atoms with Gasteiger partial charge in [-0.1, -0.05) is 29.3 Å². The third-order valence-electron chi connectivity index (χ3n) is 2.28. The van der Waals surface area contributed by atoms with E-state index in [2.05, 4.69) is 10.3 Å². The first-order valence-electron chi connectivity index (χ1n) is 5.29. The molecule has 5 heteroatoms. The lowest BCUT2D eigenvalue weighted by atomic mass is 10.2. The SMILES string of the molecule is O=C(NCc1ccccn1)c1cc(Cl)cc(Cl)c1. The van der Waals surface area contributed by atoms with Crippen molar-refractivity contribution in [3.8, 4) is 0 Å². The van der Waals surface area contributed by atoms with Crippen LogP contribution < -0.4 is 5.32 Å². The molecule has 1 heterocycles. The van der Waals surface area contributed by atoms with E-state index in [-0.39, 0.29) is 5.91 Å². The Morgan fingerprint density at radius 1 is 1.17 bits per heavy atom. The summed E-state index contributed by atoms with van der Waals surface area (Å²) < 4.78 is 0. The average Bonchev–Trinajstić information content (AvgIpc) is 2.36. The minimum absolute atomic E-state index is 0.231. The number of carbonyl (C=O) groups excluding carboxylic acids is 1. The molecule has 1 aromatic heterocycles. The Morgan fingerprint density at radius 2 is 1.89 bits per heavy atom. The van der Waals surface area contributed by atoms with Gasteiger partial charge in [-0.25, -0.2) is 0 Å². The van der Waals surface area contributed by atoms with Gasteiger partial charge in [0.25, 0.3) is 5.91 Å². The molecule has 0 fully saturated rings. The van der Waals surface area contributed by atoms with Crippen LogP contribution in [-0.2, 0) is 6.54 Å². The second kappa shape index (κ2) is 5.85. The lowest BCUT2D eigenvalue weighted by Crippen LogP contribution is -2.23. The molecule has 1 N–H and O–H groups in total. The fourth-order valence-electron chi connectivity index (χ4n) is 1.46. The molecular weight excluding hydrogens is 271 g/mol. The molecule has 2 rings (SSSR count). The second-order valence-corrected chi connectivity index (χ2v) is 4.53. The van der Waals surface area contributed by atoms with Crippen LogP contribution in [-0.4, -0.2) is 10.9 Å². The van der Waals surface area contributed by atoms with Crippen LogP contribution in [0.3, 0.4) is 0 Å². The summed E-state index contributed by atoms with van der Waals surface area (Å²) in [6.07, 6.45) is 1.68. The van der Waals surface area contributed by atoms with Crippen molar-refractivity contribution in [1.29, 1.82) is 0 Å². The van der Waals surface area contributed by atoms with Crippen LogP contribution in [0.5, 0.6) is 0 Å². The lowest BCUT2D eigenvalue weighted by molar-refractivity contribution is 0.0950. The Morgan fingerprint density at radius 3 is 2.50 bits per heavy atom. The van der Waals surface area contributed by atoms with Gasteiger partial charge in [0.15, 0.2) is 0 Å². The van der Waals surface area contributed by atoms with E-state index in [0.717, 1.165) is 5.69 Å². The van der Waals surface area contributed by atoms with E-state index in [9.17, 15) is 4.79 Å². The average molecular weight is 281 g/mol. The van der Waals surface area contributed by atoms with Crippen molar-refractivity contribution >= 4 is 29.1 Å². The molecule has 0 spiro atoms. The molecule has 1 amide bonds. The number of rotatable bonds is 3. The van der Waals surface area contributed by atoms with Gasteiger partial charge in [0.2, 0.25) is 0 Å². The number of nitrogens with one attached hydrogen (secondary N) is 1. The number of hydrogen-bond acceptors (Lipinski definition) is 2. The minimum atomic E-state index is -0.231. The number of hydrogen-bond donors (Lipinski definition) is 1. The number of benzene rings is 1. The van der Waals surface area contributed by atoms with Crippen LogP contribution in [0, 0.1) is 0 Å². The van der Waals surface area contributed by atoms with Crippen molar-refractivity contribution in [2.24, 2.45) is 0 Å². The molecule has 3 nitrogen and oxygen atoms in total. The number of pyridine rings is 1. The van der Waals surface area contributed by atoms with Crippen molar-refractivity contribution in [3.63, 3.8) is 0 Å². The minimum Gasteiger partial charge on any atom is -0.346 e. The first-order valence-corrected chi connectivity index (χ1v) is 6.05. The van der Waals surface area contributed by atoms with Crippen molar-refractivity contribution in [2.45, 2.75) is 6.54 Å². The van der Waals surface area contributed by atoms with Crippen LogP contribution >= 0.6 is 23.2 Å². The van der Waals surface area contributed by atoms with E-state index in [1.165, 1.54) is 0 Å². The molecular formula is C13H10Cl2N2O. The number of aromatic nitrogens is 1. The molecule has 0 radical (unpaired) electrons. The number of nitrogens with zero attached hydrogens (tertiary/aromatic N) is 1. The fraction of sp³-hybridized carbons (Fsp3) is 0.0769. The third-order valence-corrected chi connectivity index (χ3v) is 2.72. The molecule has 0 saturated carbocycles. The lowest BCUT2D eigenvalue weighted by Gasteiger charge is -2.05. The predicted octanol–water partition coefficient (Wildman–Crippen LogP) is 3.32. The van der Waals surface area contributed by atoms with Gasteiger partial charge in [-0.05, 0) is 30.3 Å². The van der Waals surface area contributed by atoms with Gasteiger partial charge in [-0.15, -0.1) is 0 Å². The number of carbonyl (C=O) groups is 1. The molecule has 1 aromatic carbocycles. The van der Waals surface area contributed by atoms with Crippen molar-refractivity contribution in [2.75, 3.05) is 0 Å². The van der Waals surface area contributed by atoms with E-state index in [0.29, 0.717) is 22.2 Å². The molecule has 18 heavy (non-hydrogen) atoms. The first-order chi connectivity index (χ1) is 8.65. The molecule has 0 unspecified atom stereocenters. The summed E-state index contributed by atoms with van der Waals surface area (Å²) >= 11 is 11.7. The van der Waals surface area contributed by atoms with Crippen molar-refractivity contribution < 1.29 is 4.79 Å². The van der Waals surface area contributed by atoms with Gasteiger partial charge in [-0.3, -0.25) is 9.78 Å². The van der Waals surface area contributed by atoms with Gasteiger partial charge in [0, 0.05) is 21.8 Å². The second-order valence-electron chi connectivity index (χ2n) is 3.66. The molecule has 0 aliphatic carbocycles. The highest BCUT2D eigenvalue weighted by Gasteiger charge is 2.07. The van der Waals surface area contributed by atoms with Crippen molar-refractivity contribution in [3.05, 3.63) is 63.9 Å². The standard InChI is InChI=1S/C13H10Cl2N2O/c14-10-5-9(6-11(15)7-10)13(18)17-8-12-3-1-2-4-16-12/h1-7H,8H2,(H,17,18). The smallest absolute Gasteiger partial charge is 0.251 e. The maximum atomic E-state index is 11.9. The van der Waals surface area contributed by atoms with Crippen LogP contribution in [0.4, 0.5) is 0 Å². The Labute approximate surface area is 115 Å². The maximum Gasteiger partial charge on any atom is 0.251 e. The fourth-order valence-corrected chi connectivity index (χ4v) is 1.99. The monoisotopic (exact) mass is 280 g/mol. The summed E-state index contributed by atoms with van der Waals surface area (Å²) in [5.74, 6) is -0.231. The van der Waals surface area contributed by atoms with Gasteiger partial charge in [0.1, 0.15) is 0 Å². The van der Waals surface area contributed by atoms with E-state index in [4.69, 9.17) is 23.2 Å². The quantitative estimate of drug-likeness (QED) is 0.937. The molecule has 92 valence electrons. The van der Waals surface area contributed by atoms with E-state index < -0.39 is 0 Å². The van der Waals surface area contributed by atoms with Crippen LogP contribution in [0.25, 0.3) is 0 Å². The molecule has 0 saturated heterocycles. The summed E-state index contributed by atoms with van der Waals surface area (Å²) in [5.41, 5.74) is 1.22. The molecule has 0 bridgehead atoms. The van der Waals surface area contributed by atoms with Gasteiger partial charge < -0.3 is 5.32 Å². The van der Waals surface area contributed by atoms with Gasteiger partial charge >= 0.3 is 0 Å². The summed E-state index contributed by atoms with van der Waals surface area (Å²) in [5, 5.41) is 3.62. The highest BCUT2D eigenvalue weighted by atomic mass is 35.5. The zero-order valence-electron chi connectivity index (χ0n) is 9.36. The zero-order valence-corrected chi connectivity index (χ0v) is 10.9. The Balaban J connectivity index is 2.04. The number of amides is 1.